The number of aryl methyl sites for hydroxylation is 1. The largest absolute Gasteiger partial charge is 0.360 e. The fourth-order valence-electron chi connectivity index (χ4n) is 12.5. The molecule has 1 saturated heterocycles. The van der Waals surface area contributed by atoms with Crippen molar-refractivity contribution in [1.82, 2.24) is 9.80 Å². The second kappa shape index (κ2) is 12.1. The van der Waals surface area contributed by atoms with E-state index in [0.29, 0.717) is 6.04 Å². The Morgan fingerprint density at radius 3 is 2.29 bits per heavy atom. The summed E-state index contributed by atoms with van der Waals surface area (Å²) in [6, 6.07) is 40.1. The molecule has 288 valence electrons. The molecule has 0 amide bonds. The van der Waals surface area contributed by atoms with Crippen molar-refractivity contribution in [2.75, 3.05) is 4.90 Å². The normalized spacial score (nSPS) is 29.3. The van der Waals surface area contributed by atoms with Crippen LogP contribution in [0, 0.1) is 6.92 Å². The minimum atomic E-state index is -0.148. The Kier molecular flexibility index (Phi) is 6.99. The molecule has 3 aliphatic carbocycles. The van der Waals surface area contributed by atoms with E-state index in [2.05, 4.69) is 193 Å². The summed E-state index contributed by atoms with van der Waals surface area (Å²) in [5, 5.41) is 4.02. The molecule has 6 unspecified atom stereocenters. The highest BCUT2D eigenvalue weighted by atomic mass is 32.1. The van der Waals surface area contributed by atoms with E-state index in [9.17, 15) is 0 Å². The van der Waals surface area contributed by atoms with Crippen LogP contribution >= 0.6 is 11.3 Å². The van der Waals surface area contributed by atoms with Crippen molar-refractivity contribution in [1.29, 1.82) is 0 Å². The third-order valence-electron chi connectivity index (χ3n) is 15.2. The van der Waals surface area contributed by atoms with Crippen LogP contribution in [0.2, 0.25) is 0 Å². The van der Waals surface area contributed by atoms with Crippen LogP contribution in [0.15, 0.2) is 164 Å². The summed E-state index contributed by atoms with van der Waals surface area (Å²) in [5.41, 5.74) is 15.2. The Hall–Kier alpha value is -5.84. The van der Waals surface area contributed by atoms with Gasteiger partial charge in [0, 0.05) is 32.2 Å². The molecule has 59 heavy (non-hydrogen) atoms. The molecule has 6 aromatic rings. The SMILES string of the molecule is Cc1cc(C2=CCCC=C2)c(N2C3C=CC=CC3N3/C(=C4/C5(C)c6ccccc6C6CCC=CN6C45C)c4sc5cc6ccccc6cc5c4C32)c(-c2ccccc2)c1. The highest BCUT2D eigenvalue weighted by Crippen LogP contribution is 2.75. The van der Waals surface area contributed by atoms with E-state index in [4.69, 9.17) is 0 Å². The summed E-state index contributed by atoms with van der Waals surface area (Å²) in [6.07, 6.45) is 26.2. The molecular formula is C55H47N3S. The van der Waals surface area contributed by atoms with Crippen LogP contribution in [0.5, 0.6) is 0 Å². The summed E-state index contributed by atoms with van der Waals surface area (Å²) in [5.74, 6) is 0. The molecule has 0 radical (unpaired) electrons. The van der Waals surface area contributed by atoms with Crippen molar-refractivity contribution in [2.45, 2.75) is 81.7 Å². The third kappa shape index (κ3) is 4.38. The van der Waals surface area contributed by atoms with Gasteiger partial charge >= 0.3 is 0 Å². The molecule has 2 fully saturated rings. The second-order valence-electron chi connectivity index (χ2n) is 18.1. The average molecular weight is 782 g/mol. The number of allylic oxidation sites excluding steroid dienone is 7. The van der Waals surface area contributed by atoms with Gasteiger partial charge in [0.1, 0.15) is 6.17 Å². The van der Waals surface area contributed by atoms with E-state index in [1.807, 2.05) is 11.3 Å². The van der Waals surface area contributed by atoms with Crippen LogP contribution in [0.4, 0.5) is 5.69 Å². The molecular weight excluding hydrogens is 735 g/mol. The van der Waals surface area contributed by atoms with Gasteiger partial charge in [0.05, 0.1) is 39.9 Å². The lowest BCUT2D eigenvalue weighted by atomic mass is 9.79. The predicted octanol–water partition coefficient (Wildman–Crippen LogP) is 13.6. The van der Waals surface area contributed by atoms with Gasteiger partial charge in [0.2, 0.25) is 0 Å². The van der Waals surface area contributed by atoms with Gasteiger partial charge in [-0.05, 0) is 121 Å². The number of thiophene rings is 1. The molecule has 0 N–H and O–H groups in total. The van der Waals surface area contributed by atoms with Crippen LogP contribution in [0.1, 0.15) is 84.4 Å². The smallest absolute Gasteiger partial charge is 0.131 e. The standard InChI is InChI=1S/C55H47N3S/c1-34-30-40(35-18-6-4-7-19-35)49(41(31-34)36-20-8-5-9-21-36)57-45-27-14-15-28-46(45)58-50(51-48(53(57)58)42-32-37-22-10-11-23-38(37)33-47(42)59-51)52-54(2)43-25-13-12-24-39(43)44-26-16-17-29-56(44)55(52,54)3/h4,6-8,10-15,17-25,27-33,44-46,53H,5,9,16,26H2,1-3H3/b52-50-. The van der Waals surface area contributed by atoms with Crippen molar-refractivity contribution in [3.05, 3.63) is 196 Å². The first-order valence-electron chi connectivity index (χ1n) is 21.7. The van der Waals surface area contributed by atoms with E-state index < -0.39 is 0 Å². The van der Waals surface area contributed by atoms with Gasteiger partial charge in [-0.25, -0.2) is 0 Å². The lowest BCUT2D eigenvalue weighted by Crippen LogP contribution is -2.44. The van der Waals surface area contributed by atoms with E-state index in [1.165, 1.54) is 81.6 Å². The first-order valence-corrected chi connectivity index (χ1v) is 22.5. The Bertz CT molecular complexity index is 2990. The number of hydrogen-bond acceptors (Lipinski definition) is 4. The summed E-state index contributed by atoms with van der Waals surface area (Å²) in [7, 11) is 0. The zero-order chi connectivity index (χ0) is 39.2. The van der Waals surface area contributed by atoms with E-state index in [0.717, 1.165) is 25.7 Å². The Balaban J connectivity index is 1.15. The molecule has 7 aliphatic rings. The van der Waals surface area contributed by atoms with Gasteiger partial charge in [-0.2, -0.15) is 0 Å². The van der Waals surface area contributed by atoms with Crippen molar-refractivity contribution >= 4 is 49.2 Å². The van der Waals surface area contributed by atoms with Crippen molar-refractivity contribution in [2.24, 2.45) is 0 Å². The molecule has 3 nitrogen and oxygen atoms in total. The van der Waals surface area contributed by atoms with Crippen LogP contribution in [0.25, 0.3) is 43.3 Å². The van der Waals surface area contributed by atoms with Crippen molar-refractivity contribution in [3.63, 3.8) is 0 Å². The number of anilines is 1. The highest BCUT2D eigenvalue weighted by Gasteiger charge is 2.76. The van der Waals surface area contributed by atoms with Gasteiger partial charge in [-0.1, -0.05) is 127 Å². The summed E-state index contributed by atoms with van der Waals surface area (Å²) >= 11 is 2.03. The maximum Gasteiger partial charge on any atom is 0.131 e. The molecule has 5 aromatic carbocycles. The fraction of sp³-hybridized carbons (Fsp3) is 0.236. The molecule has 5 heterocycles. The monoisotopic (exact) mass is 781 g/mol. The minimum absolute atomic E-state index is 0.000285. The fourth-order valence-corrected chi connectivity index (χ4v) is 13.8. The zero-order valence-electron chi connectivity index (χ0n) is 33.9. The van der Waals surface area contributed by atoms with Gasteiger partial charge in [-0.3, -0.25) is 0 Å². The van der Waals surface area contributed by atoms with Crippen LogP contribution in [-0.4, -0.2) is 27.4 Å². The molecule has 6 atom stereocenters. The number of nitrogens with zero attached hydrogens (tertiary/aromatic N) is 3. The molecule has 0 spiro atoms. The van der Waals surface area contributed by atoms with Gasteiger partial charge in [-0.15, -0.1) is 11.3 Å². The zero-order valence-corrected chi connectivity index (χ0v) is 34.7. The lowest BCUT2D eigenvalue weighted by molar-refractivity contribution is 0.149. The summed E-state index contributed by atoms with van der Waals surface area (Å²) in [4.78, 5) is 10.00. The van der Waals surface area contributed by atoms with Crippen LogP contribution < -0.4 is 4.90 Å². The molecule has 4 aliphatic heterocycles. The molecule has 13 rings (SSSR count). The third-order valence-corrected chi connectivity index (χ3v) is 16.4. The first kappa shape index (κ1) is 34.1. The number of rotatable bonds is 3. The number of hydrogen-bond donors (Lipinski definition) is 0. The van der Waals surface area contributed by atoms with Gasteiger partial charge in [0.25, 0.3) is 0 Å². The lowest BCUT2D eigenvalue weighted by Gasteiger charge is -2.45. The summed E-state index contributed by atoms with van der Waals surface area (Å²) < 4.78 is 1.38. The first-order chi connectivity index (χ1) is 29.0. The maximum atomic E-state index is 2.90. The second-order valence-corrected chi connectivity index (χ2v) is 19.1. The average Bonchev–Trinajstić information content (AvgIpc) is 3.59. The van der Waals surface area contributed by atoms with E-state index >= 15 is 0 Å². The number of fused-ring (bicyclic) bond motifs is 14. The topological polar surface area (TPSA) is 9.72 Å². The van der Waals surface area contributed by atoms with E-state index in [-0.39, 0.29) is 29.2 Å². The maximum absolute atomic E-state index is 2.90. The van der Waals surface area contributed by atoms with Crippen molar-refractivity contribution in [3.8, 4) is 11.1 Å². The predicted molar refractivity (Wildman–Crippen MR) is 247 cm³/mol. The number of benzene rings is 5. The molecule has 1 aromatic heterocycles. The quantitative estimate of drug-likeness (QED) is 0.177. The van der Waals surface area contributed by atoms with Gasteiger partial charge in [0.15, 0.2) is 0 Å². The minimum Gasteiger partial charge on any atom is -0.360 e. The Labute approximate surface area is 351 Å². The molecule has 0 bridgehead atoms. The van der Waals surface area contributed by atoms with Crippen LogP contribution in [-0.2, 0) is 5.41 Å². The van der Waals surface area contributed by atoms with Crippen LogP contribution in [0.3, 0.4) is 0 Å². The summed E-state index contributed by atoms with van der Waals surface area (Å²) in [6.45, 7) is 7.41. The van der Waals surface area contributed by atoms with E-state index in [1.54, 1.807) is 5.57 Å². The molecule has 4 heteroatoms. The van der Waals surface area contributed by atoms with Crippen molar-refractivity contribution < 1.29 is 0 Å². The van der Waals surface area contributed by atoms with Gasteiger partial charge < -0.3 is 14.7 Å². The Morgan fingerprint density at radius 2 is 1.47 bits per heavy atom. The molecule has 1 saturated carbocycles. The highest BCUT2D eigenvalue weighted by molar-refractivity contribution is 7.20. The Morgan fingerprint density at radius 1 is 0.729 bits per heavy atom.